The number of thiazole rings is 1. The Hall–Kier alpha value is -3.36. The molecule has 7 nitrogen and oxygen atoms in total. The van der Waals surface area contributed by atoms with Crippen LogP contribution < -0.4 is 20.3 Å². The number of methoxy groups -OCH3 is 2. The van der Waals surface area contributed by atoms with E-state index in [1.165, 1.54) is 18.4 Å². The van der Waals surface area contributed by atoms with E-state index in [4.69, 9.17) is 25.5 Å². The highest BCUT2D eigenvalue weighted by atomic mass is 35.5. The van der Waals surface area contributed by atoms with E-state index in [2.05, 4.69) is 15.3 Å². The molecule has 0 spiro atoms. The summed E-state index contributed by atoms with van der Waals surface area (Å²) >= 11 is 7.44. The molecule has 9 heteroatoms. The van der Waals surface area contributed by atoms with Gasteiger partial charge in [0, 0.05) is 22.0 Å². The minimum atomic E-state index is -0.404. The molecule has 0 fully saturated rings. The molecule has 0 aliphatic heterocycles. The highest BCUT2D eigenvalue weighted by Gasteiger charge is 2.16. The van der Waals surface area contributed by atoms with Crippen LogP contribution in [0.3, 0.4) is 0 Å². The molecule has 4 aromatic rings. The Bertz CT molecular complexity index is 1290. The maximum absolute atomic E-state index is 13.0. The smallest absolute Gasteiger partial charge is 0.262 e. The van der Waals surface area contributed by atoms with Crippen molar-refractivity contribution in [3.05, 3.63) is 70.2 Å². The lowest BCUT2D eigenvalue weighted by molar-refractivity contribution is 0.102. The molecular formula is C21H16ClN3O4S. The first kappa shape index (κ1) is 19.9. The molecule has 2 heterocycles. The number of ether oxygens (including phenoxy) is 2. The number of aromatic nitrogens is 1. The molecule has 30 heavy (non-hydrogen) atoms. The van der Waals surface area contributed by atoms with Crippen molar-refractivity contribution in [2.75, 3.05) is 19.5 Å². The zero-order chi connectivity index (χ0) is 21.1. The van der Waals surface area contributed by atoms with Gasteiger partial charge in [0.1, 0.15) is 17.0 Å². The number of carbonyl (C=O) groups is 1. The van der Waals surface area contributed by atoms with E-state index in [-0.39, 0.29) is 11.1 Å². The van der Waals surface area contributed by atoms with Crippen LogP contribution >= 0.6 is 22.9 Å². The number of nitrogens with zero attached hydrogens (tertiary/aromatic N) is 2. The van der Waals surface area contributed by atoms with Gasteiger partial charge < -0.3 is 13.9 Å². The summed E-state index contributed by atoms with van der Waals surface area (Å²) in [4.78, 5) is 21.6. The molecule has 4 rings (SSSR count). The van der Waals surface area contributed by atoms with Gasteiger partial charge in [0.05, 0.1) is 14.2 Å². The number of anilines is 1. The average molecular weight is 442 g/mol. The number of halogens is 1. The summed E-state index contributed by atoms with van der Waals surface area (Å²) in [6.45, 7) is 0. The minimum absolute atomic E-state index is 0.0848. The summed E-state index contributed by atoms with van der Waals surface area (Å²) in [5.41, 5.74) is 1.20. The van der Waals surface area contributed by atoms with Crippen LogP contribution in [-0.4, -0.2) is 25.1 Å². The maximum Gasteiger partial charge on any atom is 0.262 e. The fourth-order valence-corrected chi connectivity index (χ4v) is 3.53. The Morgan fingerprint density at radius 1 is 1.17 bits per heavy atom. The lowest BCUT2D eigenvalue weighted by Gasteiger charge is -2.09. The molecule has 0 atom stereocenters. The molecule has 0 unspecified atom stereocenters. The Morgan fingerprint density at radius 3 is 2.73 bits per heavy atom. The van der Waals surface area contributed by atoms with Crippen LogP contribution in [0.4, 0.5) is 10.8 Å². The molecule has 2 aromatic heterocycles. The highest BCUT2D eigenvalue weighted by molar-refractivity contribution is 7.13. The van der Waals surface area contributed by atoms with E-state index in [1.807, 2.05) is 12.1 Å². The summed E-state index contributed by atoms with van der Waals surface area (Å²) in [7, 11) is 3.07. The number of benzene rings is 2. The number of hydrogen-bond donors (Lipinski definition) is 1. The summed E-state index contributed by atoms with van der Waals surface area (Å²) in [5.74, 6) is 0.605. The topological polar surface area (TPSA) is 86.0 Å². The minimum Gasteiger partial charge on any atom is -0.494 e. The Balaban J connectivity index is 1.95. The number of para-hydroxylation sites is 1. The van der Waals surface area contributed by atoms with Crippen molar-refractivity contribution < 1.29 is 18.7 Å². The zero-order valence-corrected chi connectivity index (χ0v) is 17.6. The van der Waals surface area contributed by atoms with Crippen molar-refractivity contribution in [1.29, 1.82) is 0 Å². The van der Waals surface area contributed by atoms with Gasteiger partial charge in [-0.15, -0.1) is 11.3 Å². The van der Waals surface area contributed by atoms with Gasteiger partial charge in [0.25, 0.3) is 5.91 Å². The van der Waals surface area contributed by atoms with E-state index in [9.17, 15) is 4.79 Å². The number of carbonyl (C=O) groups excluding carboxylic acids is 1. The van der Waals surface area contributed by atoms with Gasteiger partial charge in [-0.25, -0.2) is 9.98 Å². The van der Waals surface area contributed by atoms with Gasteiger partial charge in [-0.1, -0.05) is 23.7 Å². The van der Waals surface area contributed by atoms with Crippen molar-refractivity contribution >= 4 is 50.6 Å². The molecule has 0 saturated heterocycles. The van der Waals surface area contributed by atoms with Gasteiger partial charge in [-0.05, 0) is 30.3 Å². The SMILES string of the molecule is COc1ccc(Cl)cc1N=c1oc2c(OC)cccc2cc1C(=O)Nc1nccs1. The summed E-state index contributed by atoms with van der Waals surface area (Å²) in [6, 6.07) is 12.1. The van der Waals surface area contributed by atoms with E-state index in [1.54, 1.807) is 49.0 Å². The predicted molar refractivity (Wildman–Crippen MR) is 116 cm³/mol. The fourth-order valence-electron chi connectivity index (χ4n) is 2.84. The Morgan fingerprint density at radius 2 is 2.00 bits per heavy atom. The lowest BCUT2D eigenvalue weighted by atomic mass is 10.1. The van der Waals surface area contributed by atoms with E-state index >= 15 is 0 Å². The van der Waals surface area contributed by atoms with Crippen LogP contribution in [0.5, 0.6) is 11.5 Å². The third-order valence-corrected chi connectivity index (χ3v) is 5.14. The number of rotatable bonds is 5. The van der Waals surface area contributed by atoms with Crippen molar-refractivity contribution in [1.82, 2.24) is 4.98 Å². The number of nitrogens with one attached hydrogen (secondary N) is 1. The molecule has 152 valence electrons. The molecule has 0 aliphatic rings. The molecule has 0 radical (unpaired) electrons. The molecule has 1 N–H and O–H groups in total. The third-order valence-electron chi connectivity index (χ3n) is 4.22. The fraction of sp³-hybridized carbons (Fsp3) is 0.0952. The van der Waals surface area contributed by atoms with Gasteiger partial charge >= 0.3 is 0 Å². The molecule has 1 amide bonds. The van der Waals surface area contributed by atoms with Crippen molar-refractivity contribution in [3.8, 4) is 11.5 Å². The number of amides is 1. The van der Waals surface area contributed by atoms with Crippen LogP contribution in [-0.2, 0) is 0 Å². The zero-order valence-electron chi connectivity index (χ0n) is 16.0. The third kappa shape index (κ3) is 4.00. The van der Waals surface area contributed by atoms with Crippen LogP contribution in [0.1, 0.15) is 10.4 Å². The van der Waals surface area contributed by atoms with Crippen LogP contribution in [0, 0.1) is 0 Å². The normalized spacial score (nSPS) is 11.5. The van der Waals surface area contributed by atoms with Gasteiger partial charge in [-0.2, -0.15) is 0 Å². The standard InChI is InChI=1S/C21H16ClN3O4S/c1-27-16-7-6-13(22)11-15(16)24-20-14(19(26)25-21-23-8-9-30-21)10-12-4-3-5-17(28-2)18(12)29-20/h3-11H,1-2H3,(H,23,25,26). The average Bonchev–Trinajstić information content (AvgIpc) is 3.26. The maximum atomic E-state index is 13.0. The lowest BCUT2D eigenvalue weighted by Crippen LogP contribution is -2.21. The van der Waals surface area contributed by atoms with Crippen molar-refractivity contribution in [2.45, 2.75) is 0 Å². The first-order chi connectivity index (χ1) is 14.6. The largest absolute Gasteiger partial charge is 0.494 e. The summed E-state index contributed by atoms with van der Waals surface area (Å²) in [6.07, 6.45) is 1.61. The van der Waals surface area contributed by atoms with Gasteiger partial charge in [-0.3, -0.25) is 10.1 Å². The molecule has 2 aromatic carbocycles. The second-order valence-corrected chi connectivity index (χ2v) is 7.39. The van der Waals surface area contributed by atoms with E-state index in [0.29, 0.717) is 38.3 Å². The van der Waals surface area contributed by atoms with Crippen molar-refractivity contribution in [2.24, 2.45) is 4.99 Å². The first-order valence-corrected chi connectivity index (χ1v) is 10.0. The molecule has 0 saturated carbocycles. The second kappa shape index (κ2) is 8.56. The molecule has 0 bridgehead atoms. The van der Waals surface area contributed by atoms with Crippen molar-refractivity contribution in [3.63, 3.8) is 0 Å². The van der Waals surface area contributed by atoms with Gasteiger partial charge in [0.2, 0.25) is 5.55 Å². The van der Waals surface area contributed by atoms with Crippen LogP contribution in [0.25, 0.3) is 11.0 Å². The first-order valence-electron chi connectivity index (χ1n) is 8.79. The monoisotopic (exact) mass is 441 g/mol. The highest BCUT2D eigenvalue weighted by Crippen LogP contribution is 2.31. The predicted octanol–water partition coefficient (Wildman–Crippen LogP) is 5.04. The number of hydrogen-bond acceptors (Lipinski definition) is 7. The van der Waals surface area contributed by atoms with Crippen LogP contribution in [0.2, 0.25) is 5.02 Å². The van der Waals surface area contributed by atoms with E-state index in [0.717, 1.165) is 0 Å². The molecular weight excluding hydrogens is 426 g/mol. The Labute approximate surface area is 180 Å². The Kier molecular flexibility index (Phi) is 5.69. The summed E-state index contributed by atoms with van der Waals surface area (Å²) in [5, 5.41) is 6.16. The van der Waals surface area contributed by atoms with Gasteiger partial charge in [0.15, 0.2) is 16.5 Å². The van der Waals surface area contributed by atoms with E-state index < -0.39 is 5.91 Å². The summed E-state index contributed by atoms with van der Waals surface area (Å²) < 4.78 is 16.8. The molecule has 0 aliphatic carbocycles. The quantitative estimate of drug-likeness (QED) is 0.468. The van der Waals surface area contributed by atoms with Crippen LogP contribution in [0.15, 0.2) is 63.5 Å². The number of fused-ring (bicyclic) bond motifs is 1. The second-order valence-electron chi connectivity index (χ2n) is 6.06.